The first-order valence-corrected chi connectivity index (χ1v) is 16.8. The van der Waals surface area contributed by atoms with Gasteiger partial charge in [-0.1, -0.05) is 170 Å². The molecule has 41 heavy (non-hydrogen) atoms. The van der Waals surface area contributed by atoms with E-state index in [0.717, 1.165) is 12.3 Å². The topological polar surface area (TPSA) is 0 Å². The second-order valence-corrected chi connectivity index (χ2v) is 14.2. The van der Waals surface area contributed by atoms with Crippen LogP contribution in [-0.4, -0.2) is 29.6 Å². The van der Waals surface area contributed by atoms with Gasteiger partial charge in [-0.2, -0.15) is 0 Å². The first-order chi connectivity index (χ1) is 19.9. The standard InChI is InChI=1S/C38H32P2.Na/c1-5-19-33(20-6-1)39(34-21-7-2-8-22-34)29-31-17-13-15-27-37(31)38-28-16-14-18-32(38)30-40(35-23-9-3-10-24-35)36-25-11-4-12-26-36;/h1-28H,29-30H2;. The van der Waals surface area contributed by atoms with Gasteiger partial charge < -0.3 is 0 Å². The molecule has 0 aliphatic carbocycles. The predicted octanol–water partition coefficient (Wildman–Crippen LogP) is 8.24. The third kappa shape index (κ3) is 7.34. The van der Waals surface area contributed by atoms with Crippen LogP contribution in [0.5, 0.6) is 0 Å². The van der Waals surface area contributed by atoms with Crippen molar-refractivity contribution in [3.05, 3.63) is 181 Å². The first kappa shape index (κ1) is 29.7. The average Bonchev–Trinajstić information content (AvgIpc) is 3.04. The molecule has 0 aliphatic heterocycles. The van der Waals surface area contributed by atoms with Gasteiger partial charge in [0.25, 0.3) is 0 Å². The third-order valence-corrected chi connectivity index (χ3v) is 12.3. The molecule has 0 saturated heterocycles. The van der Waals surface area contributed by atoms with Crippen molar-refractivity contribution in [3.8, 4) is 11.1 Å². The van der Waals surface area contributed by atoms with Crippen LogP contribution in [0.4, 0.5) is 0 Å². The van der Waals surface area contributed by atoms with Crippen molar-refractivity contribution < 1.29 is 0 Å². The molecule has 1 radical (unpaired) electrons. The number of rotatable bonds is 9. The molecule has 195 valence electrons. The van der Waals surface area contributed by atoms with Gasteiger partial charge in [0, 0.05) is 41.9 Å². The van der Waals surface area contributed by atoms with Crippen LogP contribution in [0, 0.1) is 0 Å². The molecule has 3 heteroatoms. The van der Waals surface area contributed by atoms with E-state index >= 15 is 0 Å². The molecular formula is C38H32NaP2. The summed E-state index contributed by atoms with van der Waals surface area (Å²) in [6.07, 6.45) is 2.03. The molecule has 0 nitrogen and oxygen atoms in total. The Balaban J connectivity index is 0.00000337. The fourth-order valence-corrected chi connectivity index (χ4v) is 9.97. The SMILES string of the molecule is [Na].c1ccc(P(Cc2ccccc2-c2ccccc2CP(c2ccccc2)c2ccccc2)c2ccccc2)cc1. The fourth-order valence-electron chi connectivity index (χ4n) is 5.28. The minimum absolute atomic E-state index is 0. The van der Waals surface area contributed by atoms with E-state index in [4.69, 9.17) is 0 Å². The summed E-state index contributed by atoms with van der Waals surface area (Å²) in [5.74, 6) is 0. The first-order valence-electron chi connectivity index (χ1n) is 13.8. The number of hydrogen-bond acceptors (Lipinski definition) is 0. The van der Waals surface area contributed by atoms with Gasteiger partial charge >= 0.3 is 0 Å². The Morgan fingerprint density at radius 3 is 0.829 bits per heavy atom. The van der Waals surface area contributed by atoms with E-state index in [1.807, 2.05) is 0 Å². The van der Waals surface area contributed by atoms with Gasteiger partial charge in [0.05, 0.1) is 0 Å². The molecule has 6 aromatic rings. The van der Waals surface area contributed by atoms with E-state index in [9.17, 15) is 0 Å². The van der Waals surface area contributed by atoms with Crippen molar-refractivity contribution in [2.45, 2.75) is 12.3 Å². The Kier molecular flexibility index (Phi) is 10.8. The summed E-state index contributed by atoms with van der Waals surface area (Å²) in [5.41, 5.74) is 5.54. The quantitative estimate of drug-likeness (QED) is 0.121. The van der Waals surface area contributed by atoms with E-state index < -0.39 is 15.8 Å². The molecule has 0 saturated carbocycles. The fraction of sp³-hybridized carbons (Fsp3) is 0.0526. The van der Waals surface area contributed by atoms with E-state index in [2.05, 4.69) is 170 Å². The van der Waals surface area contributed by atoms with Crippen molar-refractivity contribution >= 4 is 66.6 Å². The monoisotopic (exact) mass is 573 g/mol. The molecule has 0 aliphatic rings. The molecule has 0 spiro atoms. The summed E-state index contributed by atoms with van der Waals surface area (Å²) in [4.78, 5) is 0. The summed E-state index contributed by atoms with van der Waals surface area (Å²) in [6.45, 7) is 0. The molecule has 0 bridgehead atoms. The maximum absolute atomic E-state index is 2.34. The molecule has 0 fully saturated rings. The smallest absolute Gasteiger partial charge is 0.00136 e. The van der Waals surface area contributed by atoms with Crippen LogP contribution >= 0.6 is 15.8 Å². The Hall–Kier alpha value is -2.82. The molecule has 0 heterocycles. The normalized spacial score (nSPS) is 10.9. The Morgan fingerprint density at radius 2 is 0.537 bits per heavy atom. The molecular weight excluding hydrogens is 541 g/mol. The third-order valence-electron chi connectivity index (χ3n) is 7.25. The molecule has 6 rings (SSSR count). The largest absolute Gasteiger partial charge is 0.0622 e. The Morgan fingerprint density at radius 1 is 0.293 bits per heavy atom. The van der Waals surface area contributed by atoms with Crippen LogP contribution in [0.2, 0.25) is 0 Å². The molecule has 0 aromatic heterocycles. The van der Waals surface area contributed by atoms with Gasteiger partial charge in [-0.05, 0) is 59.3 Å². The second kappa shape index (κ2) is 14.9. The van der Waals surface area contributed by atoms with Crippen LogP contribution in [0.1, 0.15) is 11.1 Å². The van der Waals surface area contributed by atoms with Crippen molar-refractivity contribution in [1.29, 1.82) is 0 Å². The Labute approximate surface area is 269 Å². The van der Waals surface area contributed by atoms with Gasteiger partial charge in [-0.25, -0.2) is 0 Å². The molecule has 0 unspecified atom stereocenters. The maximum atomic E-state index is 2.34. The van der Waals surface area contributed by atoms with Crippen LogP contribution in [0.25, 0.3) is 11.1 Å². The van der Waals surface area contributed by atoms with Gasteiger partial charge in [0.2, 0.25) is 0 Å². The summed E-state index contributed by atoms with van der Waals surface area (Å²) in [5, 5.41) is 5.68. The number of hydrogen-bond donors (Lipinski definition) is 0. The average molecular weight is 574 g/mol. The molecule has 6 aromatic carbocycles. The van der Waals surface area contributed by atoms with E-state index in [1.165, 1.54) is 43.5 Å². The van der Waals surface area contributed by atoms with E-state index in [-0.39, 0.29) is 29.6 Å². The summed E-state index contributed by atoms with van der Waals surface area (Å²) >= 11 is 0. The van der Waals surface area contributed by atoms with Crippen molar-refractivity contribution in [2.75, 3.05) is 0 Å². The van der Waals surface area contributed by atoms with Crippen LogP contribution in [0.3, 0.4) is 0 Å². The zero-order chi connectivity index (χ0) is 27.0. The summed E-state index contributed by atoms with van der Waals surface area (Å²) in [6, 6.07) is 62.3. The zero-order valence-corrected chi connectivity index (χ0v) is 27.3. The zero-order valence-electron chi connectivity index (χ0n) is 23.5. The summed E-state index contributed by atoms with van der Waals surface area (Å²) in [7, 11) is -1.06. The van der Waals surface area contributed by atoms with E-state index in [0.29, 0.717) is 0 Å². The summed E-state index contributed by atoms with van der Waals surface area (Å²) < 4.78 is 0. The molecule has 0 N–H and O–H groups in total. The molecule has 0 atom stereocenters. The predicted molar refractivity (Wildman–Crippen MR) is 183 cm³/mol. The Bertz CT molecular complexity index is 1430. The maximum Gasteiger partial charge on any atom is 0.00136 e. The van der Waals surface area contributed by atoms with Gasteiger partial charge in [0.1, 0.15) is 0 Å². The van der Waals surface area contributed by atoms with Crippen LogP contribution in [-0.2, 0) is 12.3 Å². The number of benzene rings is 6. The minimum atomic E-state index is -0.528. The van der Waals surface area contributed by atoms with Gasteiger partial charge in [0.15, 0.2) is 0 Å². The molecule has 0 amide bonds. The van der Waals surface area contributed by atoms with Crippen molar-refractivity contribution in [3.63, 3.8) is 0 Å². The van der Waals surface area contributed by atoms with Crippen LogP contribution < -0.4 is 21.2 Å². The minimum Gasteiger partial charge on any atom is -0.0622 e. The van der Waals surface area contributed by atoms with Crippen LogP contribution in [0.15, 0.2) is 170 Å². The van der Waals surface area contributed by atoms with Crippen molar-refractivity contribution in [1.82, 2.24) is 0 Å². The van der Waals surface area contributed by atoms with Gasteiger partial charge in [-0.3, -0.25) is 0 Å². The van der Waals surface area contributed by atoms with Gasteiger partial charge in [-0.15, -0.1) is 0 Å². The van der Waals surface area contributed by atoms with E-state index in [1.54, 1.807) is 0 Å². The van der Waals surface area contributed by atoms with Crippen molar-refractivity contribution in [2.24, 2.45) is 0 Å². The second-order valence-electron chi connectivity index (χ2n) is 9.83.